The highest BCUT2D eigenvalue weighted by molar-refractivity contribution is 14.1. The summed E-state index contributed by atoms with van der Waals surface area (Å²) in [7, 11) is 0. The van der Waals surface area contributed by atoms with Crippen molar-refractivity contribution in [3.8, 4) is 17.6 Å². The highest BCUT2D eigenvalue weighted by atomic mass is 127. The monoisotopic (exact) mass is 616 g/mol. The van der Waals surface area contributed by atoms with Crippen LogP contribution in [0.5, 0.6) is 11.5 Å². The number of amides is 1. The minimum absolute atomic E-state index is 0.0173. The molecule has 0 aliphatic heterocycles. The van der Waals surface area contributed by atoms with Crippen molar-refractivity contribution in [2.75, 3.05) is 11.9 Å². The summed E-state index contributed by atoms with van der Waals surface area (Å²) in [6.07, 6.45) is 1.53. The van der Waals surface area contributed by atoms with Crippen LogP contribution in [0, 0.1) is 21.8 Å². The quantitative estimate of drug-likeness (QED) is 0.170. The largest absolute Gasteiger partial charge is 0.490 e. The van der Waals surface area contributed by atoms with Crippen LogP contribution in [0.3, 0.4) is 0 Å². The Morgan fingerprint density at radius 1 is 1.15 bits per heavy atom. The first kappa shape index (κ1) is 24.8. The van der Waals surface area contributed by atoms with Gasteiger partial charge in [-0.2, -0.15) is 5.26 Å². The summed E-state index contributed by atoms with van der Waals surface area (Å²) in [5.41, 5.74) is 3.46. The van der Waals surface area contributed by atoms with Crippen molar-refractivity contribution in [2.45, 2.75) is 20.5 Å². The predicted octanol–water partition coefficient (Wildman–Crippen LogP) is 6.89. The Kier molecular flexibility index (Phi) is 8.92. The van der Waals surface area contributed by atoms with Gasteiger partial charge >= 0.3 is 0 Å². The molecule has 0 aliphatic carbocycles. The SMILES string of the molecule is CCOc1cc(/C=C(\C#N)C(=O)Nc2ccc(I)cc2)cc(Br)c1OCc1cccc(C)c1. The third-order valence-corrected chi connectivity index (χ3v) is 5.88. The summed E-state index contributed by atoms with van der Waals surface area (Å²) in [6.45, 7) is 4.75. The van der Waals surface area contributed by atoms with E-state index in [1.807, 2.05) is 50.2 Å². The number of nitriles is 1. The Hall–Kier alpha value is -2.83. The van der Waals surface area contributed by atoms with Gasteiger partial charge in [0, 0.05) is 9.26 Å². The zero-order chi connectivity index (χ0) is 23.8. The van der Waals surface area contributed by atoms with E-state index in [-0.39, 0.29) is 5.57 Å². The van der Waals surface area contributed by atoms with Gasteiger partial charge in [0.1, 0.15) is 18.2 Å². The number of aryl methyl sites for hydroxylation is 1. The van der Waals surface area contributed by atoms with Crippen LogP contribution in [-0.2, 0) is 11.4 Å². The van der Waals surface area contributed by atoms with Gasteiger partial charge in [-0.1, -0.05) is 29.8 Å². The van der Waals surface area contributed by atoms with Crippen LogP contribution in [0.15, 0.2) is 70.7 Å². The molecular weight excluding hydrogens is 595 g/mol. The van der Waals surface area contributed by atoms with E-state index < -0.39 is 5.91 Å². The smallest absolute Gasteiger partial charge is 0.266 e. The molecule has 7 heteroatoms. The topological polar surface area (TPSA) is 71.3 Å². The Morgan fingerprint density at radius 3 is 2.58 bits per heavy atom. The van der Waals surface area contributed by atoms with E-state index in [0.29, 0.717) is 40.4 Å². The summed E-state index contributed by atoms with van der Waals surface area (Å²) < 4.78 is 13.6. The highest BCUT2D eigenvalue weighted by Gasteiger charge is 2.15. The lowest BCUT2D eigenvalue weighted by Crippen LogP contribution is -2.13. The number of nitrogens with one attached hydrogen (secondary N) is 1. The molecule has 0 saturated carbocycles. The molecule has 33 heavy (non-hydrogen) atoms. The lowest BCUT2D eigenvalue weighted by molar-refractivity contribution is -0.112. The molecule has 0 spiro atoms. The number of nitrogens with zero attached hydrogens (tertiary/aromatic N) is 1. The molecule has 0 unspecified atom stereocenters. The van der Waals surface area contributed by atoms with Crippen LogP contribution in [-0.4, -0.2) is 12.5 Å². The third kappa shape index (κ3) is 7.07. The first-order chi connectivity index (χ1) is 15.9. The molecule has 3 rings (SSSR count). The molecule has 0 radical (unpaired) electrons. The highest BCUT2D eigenvalue weighted by Crippen LogP contribution is 2.38. The molecule has 1 N–H and O–H groups in total. The molecule has 1 amide bonds. The fourth-order valence-electron chi connectivity index (χ4n) is 3.08. The standard InChI is InChI=1S/C26H22BrIN2O3/c1-3-32-24-14-19(12-20(15-29)26(31)30-22-9-7-21(28)8-10-22)13-23(27)25(24)33-16-18-6-4-5-17(2)11-18/h4-14H,3,16H2,1-2H3,(H,30,31)/b20-12+. The molecule has 0 heterocycles. The van der Waals surface area contributed by atoms with Crippen LogP contribution in [0.2, 0.25) is 0 Å². The lowest BCUT2D eigenvalue weighted by Gasteiger charge is -2.15. The van der Waals surface area contributed by atoms with E-state index >= 15 is 0 Å². The first-order valence-electron chi connectivity index (χ1n) is 10.2. The molecule has 0 atom stereocenters. The van der Waals surface area contributed by atoms with Gasteiger partial charge in [-0.15, -0.1) is 0 Å². The Labute approximate surface area is 215 Å². The van der Waals surface area contributed by atoms with Crippen molar-refractivity contribution >= 4 is 56.2 Å². The van der Waals surface area contributed by atoms with E-state index in [2.05, 4.69) is 49.9 Å². The van der Waals surface area contributed by atoms with Crippen molar-refractivity contribution in [3.05, 3.63) is 91.0 Å². The summed E-state index contributed by atoms with van der Waals surface area (Å²) in [4.78, 5) is 12.6. The maximum absolute atomic E-state index is 12.6. The molecule has 0 saturated heterocycles. The molecule has 3 aromatic carbocycles. The molecule has 0 bridgehead atoms. The van der Waals surface area contributed by atoms with Gasteiger partial charge in [0.05, 0.1) is 11.1 Å². The van der Waals surface area contributed by atoms with Crippen LogP contribution >= 0.6 is 38.5 Å². The van der Waals surface area contributed by atoms with Crippen LogP contribution in [0.4, 0.5) is 5.69 Å². The maximum atomic E-state index is 12.6. The van der Waals surface area contributed by atoms with Crippen molar-refractivity contribution in [2.24, 2.45) is 0 Å². The van der Waals surface area contributed by atoms with Gasteiger partial charge < -0.3 is 14.8 Å². The lowest BCUT2D eigenvalue weighted by atomic mass is 10.1. The Balaban J connectivity index is 1.84. The van der Waals surface area contributed by atoms with Gasteiger partial charge in [0.15, 0.2) is 11.5 Å². The second-order valence-electron chi connectivity index (χ2n) is 7.17. The molecule has 5 nitrogen and oxygen atoms in total. The number of carbonyl (C=O) groups is 1. The number of halogens is 2. The van der Waals surface area contributed by atoms with E-state index in [4.69, 9.17) is 9.47 Å². The van der Waals surface area contributed by atoms with Gasteiger partial charge in [0.2, 0.25) is 0 Å². The van der Waals surface area contributed by atoms with Crippen molar-refractivity contribution in [1.82, 2.24) is 0 Å². The van der Waals surface area contributed by atoms with E-state index in [0.717, 1.165) is 14.7 Å². The normalized spacial score (nSPS) is 10.9. The van der Waals surface area contributed by atoms with Crippen LogP contribution < -0.4 is 14.8 Å². The summed E-state index contributed by atoms with van der Waals surface area (Å²) in [5.74, 6) is 0.617. The van der Waals surface area contributed by atoms with Gasteiger partial charge in [0.25, 0.3) is 5.91 Å². The molecule has 168 valence electrons. The van der Waals surface area contributed by atoms with Crippen LogP contribution in [0.25, 0.3) is 6.08 Å². The number of carbonyl (C=O) groups excluding carboxylic acids is 1. The van der Waals surface area contributed by atoms with E-state index in [1.165, 1.54) is 6.08 Å². The zero-order valence-electron chi connectivity index (χ0n) is 18.2. The minimum Gasteiger partial charge on any atom is -0.490 e. The second kappa shape index (κ2) is 11.9. The summed E-state index contributed by atoms with van der Waals surface area (Å²) in [5, 5.41) is 12.3. The Morgan fingerprint density at radius 2 is 1.91 bits per heavy atom. The van der Waals surface area contributed by atoms with Crippen molar-refractivity contribution in [1.29, 1.82) is 5.26 Å². The number of rotatable bonds is 8. The minimum atomic E-state index is -0.479. The first-order valence-corrected chi connectivity index (χ1v) is 12.1. The number of ether oxygens (including phenoxy) is 2. The number of anilines is 1. The number of hydrogen-bond acceptors (Lipinski definition) is 4. The fraction of sp³-hybridized carbons (Fsp3) is 0.154. The van der Waals surface area contributed by atoms with Gasteiger partial charge in [-0.05, 0) is 106 Å². The molecule has 0 aromatic heterocycles. The van der Waals surface area contributed by atoms with E-state index in [1.54, 1.807) is 24.3 Å². The second-order valence-corrected chi connectivity index (χ2v) is 9.27. The molecule has 0 fully saturated rings. The summed E-state index contributed by atoms with van der Waals surface area (Å²) in [6, 6.07) is 21.0. The average molecular weight is 617 g/mol. The van der Waals surface area contributed by atoms with Crippen LogP contribution in [0.1, 0.15) is 23.6 Å². The molecule has 0 aliphatic rings. The number of hydrogen-bond donors (Lipinski definition) is 1. The zero-order valence-corrected chi connectivity index (χ0v) is 21.9. The maximum Gasteiger partial charge on any atom is 0.266 e. The van der Waals surface area contributed by atoms with Crippen molar-refractivity contribution in [3.63, 3.8) is 0 Å². The third-order valence-electron chi connectivity index (χ3n) is 4.58. The van der Waals surface area contributed by atoms with Gasteiger partial charge in [-0.3, -0.25) is 4.79 Å². The van der Waals surface area contributed by atoms with Gasteiger partial charge in [-0.25, -0.2) is 0 Å². The molecule has 3 aromatic rings. The van der Waals surface area contributed by atoms with E-state index in [9.17, 15) is 10.1 Å². The molecular formula is C26H22BrIN2O3. The Bertz CT molecular complexity index is 1220. The summed E-state index contributed by atoms with van der Waals surface area (Å²) >= 11 is 5.74. The average Bonchev–Trinajstić information content (AvgIpc) is 2.78. The fourth-order valence-corrected chi connectivity index (χ4v) is 4.01. The predicted molar refractivity (Wildman–Crippen MR) is 142 cm³/mol. The number of benzene rings is 3. The van der Waals surface area contributed by atoms with Crippen molar-refractivity contribution < 1.29 is 14.3 Å².